The summed E-state index contributed by atoms with van der Waals surface area (Å²) in [6, 6.07) is 21.0. The number of benzene rings is 2. The molecule has 2 atom stereocenters. The molecule has 206 valence electrons. The van der Waals surface area contributed by atoms with Crippen molar-refractivity contribution in [2.75, 3.05) is 19.0 Å². The molecular formula is C31H32ClN5O2S. The van der Waals surface area contributed by atoms with Crippen LogP contribution in [0.5, 0.6) is 5.75 Å². The number of methoxy groups -OCH3 is 1. The Balaban J connectivity index is 1.51. The highest BCUT2D eigenvalue weighted by Crippen LogP contribution is 2.42. The zero-order valence-electron chi connectivity index (χ0n) is 22.9. The molecule has 0 spiro atoms. The van der Waals surface area contributed by atoms with E-state index in [0.29, 0.717) is 16.7 Å². The molecule has 5 rings (SSSR count). The van der Waals surface area contributed by atoms with Crippen LogP contribution in [0.4, 0.5) is 5.69 Å². The lowest BCUT2D eigenvalue weighted by Gasteiger charge is -2.28. The molecule has 7 nitrogen and oxygen atoms in total. The number of hydrogen-bond acceptors (Lipinski definition) is 4. The Bertz CT molecular complexity index is 1550. The largest absolute Gasteiger partial charge is 0.495 e. The van der Waals surface area contributed by atoms with E-state index in [0.717, 1.165) is 45.3 Å². The van der Waals surface area contributed by atoms with Crippen LogP contribution < -0.4 is 15.4 Å². The van der Waals surface area contributed by atoms with E-state index in [-0.39, 0.29) is 24.4 Å². The lowest BCUT2D eigenvalue weighted by atomic mass is 9.96. The topological polar surface area (TPSA) is 71.4 Å². The first-order valence-electron chi connectivity index (χ1n) is 13.1. The maximum Gasteiger partial charge on any atom is 0.226 e. The zero-order chi connectivity index (χ0) is 28.4. The molecule has 40 heavy (non-hydrogen) atoms. The van der Waals surface area contributed by atoms with E-state index >= 15 is 0 Å². The van der Waals surface area contributed by atoms with E-state index in [4.69, 9.17) is 28.6 Å². The van der Waals surface area contributed by atoms with Crippen molar-refractivity contribution in [1.29, 1.82) is 0 Å². The average molecular weight is 574 g/mol. The molecule has 1 amide bonds. The van der Waals surface area contributed by atoms with Gasteiger partial charge in [0.25, 0.3) is 0 Å². The van der Waals surface area contributed by atoms with Gasteiger partial charge < -0.3 is 24.8 Å². The van der Waals surface area contributed by atoms with Crippen molar-refractivity contribution in [2.24, 2.45) is 0 Å². The van der Waals surface area contributed by atoms with Gasteiger partial charge in [0.2, 0.25) is 5.91 Å². The highest BCUT2D eigenvalue weighted by Gasteiger charge is 2.41. The number of nitrogens with one attached hydrogen (secondary N) is 2. The van der Waals surface area contributed by atoms with Crippen LogP contribution in [0, 0.1) is 20.8 Å². The Morgan fingerprint density at radius 1 is 1.10 bits per heavy atom. The molecule has 0 aliphatic carbocycles. The maximum atomic E-state index is 13.0. The number of anilines is 1. The van der Waals surface area contributed by atoms with E-state index < -0.39 is 0 Å². The van der Waals surface area contributed by atoms with E-state index in [9.17, 15) is 4.79 Å². The number of ether oxygens (including phenoxy) is 1. The first-order valence-corrected chi connectivity index (χ1v) is 13.9. The van der Waals surface area contributed by atoms with E-state index in [2.05, 4.69) is 45.0 Å². The van der Waals surface area contributed by atoms with E-state index in [1.807, 2.05) is 67.6 Å². The van der Waals surface area contributed by atoms with Gasteiger partial charge in [-0.3, -0.25) is 9.78 Å². The van der Waals surface area contributed by atoms with Gasteiger partial charge in [-0.1, -0.05) is 35.9 Å². The van der Waals surface area contributed by atoms with E-state index in [1.54, 1.807) is 13.3 Å². The van der Waals surface area contributed by atoms with Crippen LogP contribution in [0.15, 0.2) is 72.9 Å². The number of rotatable bonds is 8. The monoisotopic (exact) mass is 573 g/mol. The van der Waals surface area contributed by atoms with Crippen LogP contribution in [-0.2, 0) is 4.79 Å². The van der Waals surface area contributed by atoms with Crippen molar-refractivity contribution in [3.8, 4) is 11.4 Å². The van der Waals surface area contributed by atoms with Crippen LogP contribution in [0.2, 0.25) is 5.02 Å². The fourth-order valence-corrected chi connectivity index (χ4v) is 5.93. The van der Waals surface area contributed by atoms with Crippen LogP contribution in [-0.4, -0.2) is 39.1 Å². The summed E-state index contributed by atoms with van der Waals surface area (Å²) in [5, 5.41) is 7.74. The Labute approximate surface area is 245 Å². The summed E-state index contributed by atoms with van der Waals surface area (Å²) < 4.78 is 7.83. The molecule has 0 bridgehead atoms. The molecule has 0 unspecified atom stereocenters. The predicted octanol–water partition coefficient (Wildman–Crippen LogP) is 6.46. The summed E-state index contributed by atoms with van der Waals surface area (Å²) in [5.74, 6) is 0.662. The first kappa shape index (κ1) is 27.7. The van der Waals surface area contributed by atoms with Gasteiger partial charge in [-0.15, -0.1) is 0 Å². The quantitative estimate of drug-likeness (QED) is 0.236. The molecule has 1 aliphatic heterocycles. The van der Waals surface area contributed by atoms with E-state index in [1.165, 1.54) is 0 Å². The summed E-state index contributed by atoms with van der Waals surface area (Å²) in [5.41, 5.74) is 6.73. The molecule has 0 saturated carbocycles. The van der Waals surface area contributed by atoms with Gasteiger partial charge in [0.15, 0.2) is 5.11 Å². The summed E-state index contributed by atoms with van der Waals surface area (Å²) >= 11 is 12.2. The lowest BCUT2D eigenvalue weighted by molar-refractivity contribution is -0.116. The number of thiocarbonyl (C=S) groups is 1. The second-order valence-corrected chi connectivity index (χ2v) is 10.7. The molecule has 1 saturated heterocycles. The third-order valence-corrected chi connectivity index (χ3v) is 7.95. The molecule has 0 radical (unpaired) electrons. The summed E-state index contributed by atoms with van der Waals surface area (Å²) in [6.07, 6.45) is 2.07. The molecular weight excluding hydrogens is 542 g/mol. The molecule has 9 heteroatoms. The third kappa shape index (κ3) is 5.42. The second kappa shape index (κ2) is 11.7. The summed E-state index contributed by atoms with van der Waals surface area (Å²) in [4.78, 5) is 19.7. The van der Waals surface area contributed by atoms with Crippen LogP contribution in [0.3, 0.4) is 0 Å². The number of halogens is 1. The standard InChI is InChI=1S/C31H32ClN5O2S/c1-19-9-5-6-10-24(19)34-28(38)14-16-36-30(29(35-31(36)40)25-11-7-8-15-33-25)23-17-20(2)37(21(23)3)26-18-22(32)12-13-27(26)39-4/h5-13,15,17-18,29-30H,14,16H2,1-4H3,(H,34,38)(H,35,40)/t29-,30-/m0/s1. The molecule has 1 aliphatic rings. The Hall–Kier alpha value is -3.88. The van der Waals surface area contributed by atoms with Crippen molar-refractivity contribution in [3.05, 3.63) is 106 Å². The minimum Gasteiger partial charge on any atom is -0.495 e. The summed E-state index contributed by atoms with van der Waals surface area (Å²) in [7, 11) is 1.65. The molecule has 3 heterocycles. The van der Waals surface area contributed by atoms with Crippen molar-refractivity contribution >= 4 is 40.5 Å². The molecule has 2 N–H and O–H groups in total. The Kier molecular flexibility index (Phi) is 8.09. The second-order valence-electron chi connectivity index (χ2n) is 9.91. The van der Waals surface area contributed by atoms with Crippen LogP contribution >= 0.6 is 23.8 Å². The van der Waals surface area contributed by atoms with Crippen molar-refractivity contribution in [3.63, 3.8) is 0 Å². The summed E-state index contributed by atoms with van der Waals surface area (Å²) in [6.45, 7) is 6.57. The number of nitrogens with zero attached hydrogens (tertiary/aromatic N) is 3. The number of aryl methyl sites for hydroxylation is 2. The molecule has 4 aromatic rings. The average Bonchev–Trinajstić information content (AvgIpc) is 3.43. The fraction of sp³-hybridized carbons (Fsp3) is 0.258. The Morgan fingerprint density at radius 2 is 1.88 bits per heavy atom. The number of pyridine rings is 1. The Morgan fingerprint density at radius 3 is 2.60 bits per heavy atom. The molecule has 2 aromatic carbocycles. The number of carbonyl (C=O) groups excluding carboxylic acids is 1. The normalized spacial score (nSPS) is 16.6. The van der Waals surface area contributed by atoms with Gasteiger partial charge in [0.05, 0.1) is 30.6 Å². The first-order chi connectivity index (χ1) is 19.3. The minimum absolute atomic E-state index is 0.0636. The van der Waals surface area contributed by atoms with Gasteiger partial charge in [0.1, 0.15) is 5.75 Å². The number of hydrogen-bond donors (Lipinski definition) is 2. The fourth-order valence-electron chi connectivity index (χ4n) is 5.43. The maximum absolute atomic E-state index is 13.0. The van der Waals surface area contributed by atoms with Crippen LogP contribution in [0.25, 0.3) is 5.69 Å². The number of aromatic nitrogens is 2. The van der Waals surface area contributed by atoms with Crippen LogP contribution in [0.1, 0.15) is 46.7 Å². The SMILES string of the molecule is COc1ccc(Cl)cc1-n1c(C)cc([C@H]2[C@H](c3ccccn3)NC(=S)N2CCC(=O)Nc2ccccc2C)c1C. The third-order valence-electron chi connectivity index (χ3n) is 7.37. The number of para-hydroxylation sites is 1. The van der Waals surface area contributed by atoms with Gasteiger partial charge in [0, 0.05) is 41.3 Å². The molecule has 1 fully saturated rings. The van der Waals surface area contributed by atoms with Crippen molar-refractivity contribution in [1.82, 2.24) is 19.8 Å². The van der Waals surface area contributed by atoms with Gasteiger partial charge in [-0.25, -0.2) is 0 Å². The highest BCUT2D eigenvalue weighted by molar-refractivity contribution is 7.80. The van der Waals surface area contributed by atoms with Crippen molar-refractivity contribution < 1.29 is 9.53 Å². The number of carbonyl (C=O) groups is 1. The zero-order valence-corrected chi connectivity index (χ0v) is 24.5. The van der Waals surface area contributed by atoms with Gasteiger partial charge in [-0.2, -0.15) is 0 Å². The minimum atomic E-state index is -0.191. The van der Waals surface area contributed by atoms with Gasteiger partial charge in [-0.05, 0) is 86.6 Å². The lowest BCUT2D eigenvalue weighted by Crippen LogP contribution is -2.33. The predicted molar refractivity (Wildman–Crippen MR) is 163 cm³/mol. The van der Waals surface area contributed by atoms with Gasteiger partial charge >= 0.3 is 0 Å². The molecule has 2 aromatic heterocycles. The van der Waals surface area contributed by atoms with Crippen molar-refractivity contribution in [2.45, 2.75) is 39.3 Å². The number of amides is 1. The smallest absolute Gasteiger partial charge is 0.226 e. The highest BCUT2D eigenvalue weighted by atomic mass is 35.5.